The molecule has 2 fully saturated rings. The summed E-state index contributed by atoms with van der Waals surface area (Å²) >= 11 is 0. The summed E-state index contributed by atoms with van der Waals surface area (Å²) in [6, 6.07) is -1.59. The molecule has 2 saturated heterocycles. The van der Waals surface area contributed by atoms with E-state index in [9.17, 15) is 19.2 Å². The minimum atomic E-state index is -0.793. The van der Waals surface area contributed by atoms with Gasteiger partial charge in [0.25, 0.3) is 0 Å². The van der Waals surface area contributed by atoms with E-state index >= 15 is 0 Å². The second-order valence-electron chi connectivity index (χ2n) is 8.15. The lowest BCUT2D eigenvalue weighted by Crippen LogP contribution is -2.48. The molecule has 2 rings (SSSR count). The van der Waals surface area contributed by atoms with Gasteiger partial charge in [0.05, 0.1) is 12.8 Å². The van der Waals surface area contributed by atoms with Crippen molar-refractivity contribution >= 4 is 23.9 Å². The molecule has 0 radical (unpaired) electrons. The van der Waals surface area contributed by atoms with Gasteiger partial charge in [0.2, 0.25) is 0 Å². The topological polar surface area (TPSA) is 90.0 Å². The summed E-state index contributed by atoms with van der Waals surface area (Å²) in [6.07, 6.45) is 14.4. The molecular formula is C22H35NO6. The van der Waals surface area contributed by atoms with Crippen LogP contribution < -0.4 is 0 Å². The van der Waals surface area contributed by atoms with Crippen LogP contribution in [0.4, 0.5) is 0 Å². The van der Waals surface area contributed by atoms with Crippen LogP contribution in [0.15, 0.2) is 0 Å². The van der Waals surface area contributed by atoms with E-state index in [1.54, 1.807) is 4.90 Å². The number of hydrogen-bond acceptors (Lipinski definition) is 7. The summed E-state index contributed by atoms with van der Waals surface area (Å²) < 4.78 is 9.27. The summed E-state index contributed by atoms with van der Waals surface area (Å²) in [4.78, 5) is 48.5. The first-order valence-electron chi connectivity index (χ1n) is 11.3. The Bertz CT molecular complexity index is 540. The molecule has 0 spiro atoms. The number of unbranched alkanes of at least 4 members (excludes halogenated alkanes) is 11. The molecule has 2 unspecified atom stereocenters. The smallest absolute Gasteiger partial charge is 0.331 e. The monoisotopic (exact) mass is 409 g/mol. The van der Waals surface area contributed by atoms with E-state index in [1.165, 1.54) is 57.8 Å². The van der Waals surface area contributed by atoms with E-state index in [0.717, 1.165) is 19.3 Å². The van der Waals surface area contributed by atoms with Gasteiger partial charge in [-0.05, 0) is 13.0 Å². The van der Waals surface area contributed by atoms with Gasteiger partial charge in [-0.2, -0.15) is 0 Å². The number of carbonyl (C=O) groups excluding carboxylic acids is 4. The summed E-state index contributed by atoms with van der Waals surface area (Å²) in [6.45, 7) is 2.70. The van der Waals surface area contributed by atoms with Crippen molar-refractivity contribution in [3.05, 3.63) is 0 Å². The van der Waals surface area contributed by atoms with Gasteiger partial charge < -0.3 is 9.47 Å². The zero-order chi connectivity index (χ0) is 21.1. The highest BCUT2D eigenvalue weighted by Gasteiger charge is 2.46. The predicted molar refractivity (Wildman–Crippen MR) is 107 cm³/mol. The third-order valence-electron chi connectivity index (χ3n) is 5.76. The molecule has 29 heavy (non-hydrogen) atoms. The van der Waals surface area contributed by atoms with Crippen molar-refractivity contribution in [1.82, 2.24) is 4.90 Å². The number of rotatable bonds is 15. The van der Waals surface area contributed by atoms with E-state index in [0.29, 0.717) is 6.54 Å². The summed E-state index contributed by atoms with van der Waals surface area (Å²) in [5.74, 6) is -2.45. The molecule has 0 aliphatic carbocycles. The number of carbonyl (C=O) groups is 4. The van der Waals surface area contributed by atoms with Crippen molar-refractivity contribution in [3.63, 3.8) is 0 Å². The Morgan fingerprint density at radius 3 is 1.38 bits per heavy atom. The van der Waals surface area contributed by atoms with E-state index in [4.69, 9.17) is 0 Å². The third kappa shape index (κ3) is 7.88. The predicted octanol–water partition coefficient (Wildman–Crippen LogP) is 3.67. The Morgan fingerprint density at radius 2 is 1.03 bits per heavy atom. The molecule has 2 atom stereocenters. The standard InChI is InChI=1S/C22H35NO6/c1-2-3-4-5-6-7-8-9-10-11-12-13-14-23(17-15-19(24)28-21(17)26)18-16-20(25)29-22(18)27/h17-18H,2-16H2,1H3. The molecule has 0 bridgehead atoms. The molecule has 0 aromatic rings. The Hall–Kier alpha value is -1.76. The SMILES string of the molecule is CCCCCCCCCCCCCCN(C1CC(=O)OC1=O)C1CC(=O)OC1=O. The average molecular weight is 410 g/mol. The van der Waals surface area contributed by atoms with E-state index in [2.05, 4.69) is 16.4 Å². The molecule has 7 nitrogen and oxygen atoms in total. The van der Waals surface area contributed by atoms with Crippen LogP contribution >= 0.6 is 0 Å². The van der Waals surface area contributed by atoms with Crippen LogP contribution in [0.3, 0.4) is 0 Å². The van der Waals surface area contributed by atoms with Crippen molar-refractivity contribution in [3.8, 4) is 0 Å². The van der Waals surface area contributed by atoms with Crippen LogP contribution in [0.2, 0.25) is 0 Å². The highest BCUT2D eigenvalue weighted by Crippen LogP contribution is 2.24. The maximum atomic E-state index is 12.0. The Morgan fingerprint density at radius 1 is 0.655 bits per heavy atom. The van der Waals surface area contributed by atoms with Crippen molar-refractivity contribution < 1.29 is 28.7 Å². The van der Waals surface area contributed by atoms with E-state index < -0.39 is 36.0 Å². The molecular weight excluding hydrogens is 374 g/mol. The summed E-state index contributed by atoms with van der Waals surface area (Å²) in [7, 11) is 0. The van der Waals surface area contributed by atoms with Crippen molar-refractivity contribution in [2.24, 2.45) is 0 Å². The fourth-order valence-corrected chi connectivity index (χ4v) is 4.10. The van der Waals surface area contributed by atoms with Crippen LogP contribution in [0.1, 0.15) is 96.8 Å². The summed E-state index contributed by atoms with van der Waals surface area (Å²) in [5, 5.41) is 0. The van der Waals surface area contributed by atoms with Crippen LogP contribution in [0, 0.1) is 0 Å². The molecule has 0 saturated carbocycles. The zero-order valence-electron chi connectivity index (χ0n) is 17.7. The fourth-order valence-electron chi connectivity index (χ4n) is 4.10. The lowest BCUT2D eigenvalue weighted by molar-refractivity contribution is -0.154. The highest BCUT2D eigenvalue weighted by molar-refractivity contribution is 5.99. The second kappa shape index (κ2) is 12.7. The van der Waals surface area contributed by atoms with Crippen molar-refractivity contribution in [1.29, 1.82) is 0 Å². The Kier molecular flexibility index (Phi) is 10.3. The minimum Gasteiger partial charge on any atom is -0.392 e. The number of hydrogen-bond donors (Lipinski definition) is 0. The van der Waals surface area contributed by atoms with Gasteiger partial charge >= 0.3 is 23.9 Å². The largest absolute Gasteiger partial charge is 0.392 e. The normalized spacial score (nSPS) is 21.9. The highest BCUT2D eigenvalue weighted by atomic mass is 16.6. The Labute approximate surface area is 173 Å². The number of esters is 4. The maximum absolute atomic E-state index is 12.0. The van der Waals surface area contributed by atoms with Gasteiger partial charge in [-0.1, -0.05) is 77.6 Å². The van der Waals surface area contributed by atoms with Gasteiger partial charge in [-0.25, -0.2) is 9.59 Å². The first-order chi connectivity index (χ1) is 14.0. The van der Waals surface area contributed by atoms with Crippen molar-refractivity contribution in [2.45, 2.75) is 109 Å². The van der Waals surface area contributed by atoms with Gasteiger partial charge in [-0.3, -0.25) is 14.5 Å². The fraction of sp³-hybridized carbons (Fsp3) is 0.818. The lowest BCUT2D eigenvalue weighted by atomic mass is 10.0. The summed E-state index contributed by atoms with van der Waals surface area (Å²) in [5.41, 5.74) is 0. The van der Waals surface area contributed by atoms with Gasteiger partial charge in [-0.15, -0.1) is 0 Å². The van der Waals surface area contributed by atoms with E-state index in [1.807, 2.05) is 0 Å². The Balaban J connectivity index is 1.64. The molecule has 164 valence electrons. The number of ether oxygens (including phenoxy) is 2. The first-order valence-corrected chi connectivity index (χ1v) is 11.3. The minimum absolute atomic E-state index is 0.0743. The van der Waals surface area contributed by atoms with Crippen molar-refractivity contribution in [2.75, 3.05) is 6.54 Å². The van der Waals surface area contributed by atoms with E-state index in [-0.39, 0.29) is 12.8 Å². The molecule has 2 aliphatic rings. The van der Waals surface area contributed by atoms with Crippen LogP contribution in [0.25, 0.3) is 0 Å². The molecule has 7 heteroatoms. The number of cyclic esters (lactones) is 4. The van der Waals surface area contributed by atoms with Gasteiger partial charge in [0.1, 0.15) is 12.1 Å². The molecule has 2 heterocycles. The molecule has 2 aliphatic heterocycles. The number of nitrogens with zero attached hydrogens (tertiary/aromatic N) is 1. The zero-order valence-corrected chi connectivity index (χ0v) is 17.7. The van der Waals surface area contributed by atoms with Crippen LogP contribution in [-0.4, -0.2) is 47.4 Å². The van der Waals surface area contributed by atoms with Crippen LogP contribution in [0.5, 0.6) is 0 Å². The molecule has 0 amide bonds. The molecule has 0 aromatic heterocycles. The second-order valence-corrected chi connectivity index (χ2v) is 8.15. The van der Waals surface area contributed by atoms with Gasteiger partial charge in [0.15, 0.2) is 0 Å². The lowest BCUT2D eigenvalue weighted by Gasteiger charge is -2.28. The first kappa shape index (κ1) is 23.5. The third-order valence-corrected chi connectivity index (χ3v) is 5.76. The maximum Gasteiger partial charge on any atom is 0.331 e. The molecule has 0 aromatic carbocycles. The van der Waals surface area contributed by atoms with Crippen LogP contribution in [-0.2, 0) is 28.7 Å². The van der Waals surface area contributed by atoms with Gasteiger partial charge in [0, 0.05) is 0 Å². The molecule has 0 N–H and O–H groups in total. The average Bonchev–Trinajstić information content (AvgIpc) is 3.19. The quantitative estimate of drug-likeness (QED) is 0.231.